The van der Waals surface area contributed by atoms with E-state index >= 15 is 0 Å². The minimum atomic E-state index is 0.0586. The molecular formula is C18H19N5O. The second-order valence-corrected chi connectivity index (χ2v) is 6.34. The van der Waals surface area contributed by atoms with Crippen LogP contribution in [-0.4, -0.2) is 43.8 Å². The zero-order valence-electron chi connectivity index (χ0n) is 13.6. The number of hydrogen-bond acceptors (Lipinski definition) is 4. The van der Waals surface area contributed by atoms with E-state index in [9.17, 15) is 4.79 Å². The van der Waals surface area contributed by atoms with Crippen molar-refractivity contribution in [1.82, 2.24) is 24.8 Å². The number of likely N-dealkylation sites (tertiary alicyclic amines) is 1. The van der Waals surface area contributed by atoms with Crippen LogP contribution in [0.1, 0.15) is 28.2 Å². The number of aromatic amines is 1. The molecule has 0 aliphatic carbocycles. The number of aryl methyl sites for hydroxylation is 1. The standard InChI is InChI=1S/C18H19N5O/c1-12-21-16-15(4-8-20-17(16)22-12)18(24)23-9-5-14(11-23)10-13-2-6-19-7-3-13/h2-4,6-8,14H,5,9-11H2,1H3,(H,20,21,22). The molecule has 24 heavy (non-hydrogen) atoms. The predicted molar refractivity (Wildman–Crippen MR) is 90.6 cm³/mol. The highest BCUT2D eigenvalue weighted by Crippen LogP contribution is 2.24. The Morgan fingerprint density at radius 1 is 1.29 bits per heavy atom. The fourth-order valence-corrected chi connectivity index (χ4v) is 3.41. The summed E-state index contributed by atoms with van der Waals surface area (Å²) in [5, 5.41) is 0. The maximum absolute atomic E-state index is 12.9. The zero-order chi connectivity index (χ0) is 16.5. The minimum absolute atomic E-state index is 0.0586. The topological polar surface area (TPSA) is 74.8 Å². The highest BCUT2D eigenvalue weighted by atomic mass is 16.2. The van der Waals surface area contributed by atoms with Crippen LogP contribution >= 0.6 is 0 Å². The molecule has 3 aromatic rings. The first-order chi connectivity index (χ1) is 11.7. The summed E-state index contributed by atoms with van der Waals surface area (Å²) in [5.41, 5.74) is 3.27. The Kier molecular flexibility index (Phi) is 3.72. The van der Waals surface area contributed by atoms with Gasteiger partial charge in [-0.2, -0.15) is 0 Å². The Morgan fingerprint density at radius 3 is 2.96 bits per heavy atom. The Hall–Kier alpha value is -2.76. The Bertz CT molecular complexity index is 874. The number of imidazole rings is 1. The van der Waals surface area contributed by atoms with Crippen LogP contribution in [0.5, 0.6) is 0 Å². The Labute approximate surface area is 140 Å². The van der Waals surface area contributed by atoms with E-state index in [0.29, 0.717) is 17.1 Å². The van der Waals surface area contributed by atoms with Gasteiger partial charge in [-0.15, -0.1) is 0 Å². The largest absolute Gasteiger partial charge is 0.340 e. The lowest BCUT2D eigenvalue weighted by atomic mass is 10.00. The van der Waals surface area contributed by atoms with Crippen LogP contribution in [0, 0.1) is 12.8 Å². The number of rotatable bonds is 3. The maximum Gasteiger partial charge on any atom is 0.256 e. The smallest absolute Gasteiger partial charge is 0.256 e. The van der Waals surface area contributed by atoms with E-state index in [1.807, 2.05) is 36.4 Å². The molecule has 0 spiro atoms. The molecule has 1 aliphatic rings. The monoisotopic (exact) mass is 321 g/mol. The van der Waals surface area contributed by atoms with E-state index in [0.717, 1.165) is 37.3 Å². The third-order valence-electron chi connectivity index (χ3n) is 4.59. The molecule has 122 valence electrons. The minimum Gasteiger partial charge on any atom is -0.340 e. The van der Waals surface area contributed by atoms with Crippen LogP contribution in [0.15, 0.2) is 36.8 Å². The van der Waals surface area contributed by atoms with Crippen LogP contribution in [0.2, 0.25) is 0 Å². The molecule has 0 radical (unpaired) electrons. The van der Waals surface area contributed by atoms with Crippen molar-refractivity contribution in [3.63, 3.8) is 0 Å². The number of carbonyl (C=O) groups is 1. The molecule has 1 atom stereocenters. The SMILES string of the molecule is Cc1nc2nccc(C(=O)N3CCC(Cc4ccncc4)C3)c2[nH]1. The van der Waals surface area contributed by atoms with Gasteiger partial charge in [0.25, 0.3) is 5.91 Å². The van der Waals surface area contributed by atoms with E-state index in [4.69, 9.17) is 0 Å². The molecule has 4 rings (SSSR count). The molecule has 0 bridgehead atoms. The highest BCUT2D eigenvalue weighted by molar-refractivity contribution is 6.04. The molecule has 0 saturated carbocycles. The molecule has 4 heterocycles. The van der Waals surface area contributed by atoms with Gasteiger partial charge < -0.3 is 9.88 Å². The molecule has 1 aliphatic heterocycles. The average Bonchev–Trinajstić information content (AvgIpc) is 3.20. The number of H-pyrrole nitrogens is 1. The molecule has 3 aromatic heterocycles. The number of hydrogen-bond donors (Lipinski definition) is 1. The molecule has 6 heteroatoms. The lowest BCUT2D eigenvalue weighted by Gasteiger charge is -2.17. The van der Waals surface area contributed by atoms with E-state index < -0.39 is 0 Å². The zero-order valence-corrected chi connectivity index (χ0v) is 13.6. The van der Waals surface area contributed by atoms with Crippen LogP contribution in [0.25, 0.3) is 11.2 Å². The van der Waals surface area contributed by atoms with Crippen molar-refractivity contribution in [2.45, 2.75) is 19.8 Å². The Morgan fingerprint density at radius 2 is 2.12 bits per heavy atom. The lowest BCUT2D eigenvalue weighted by molar-refractivity contribution is 0.0789. The van der Waals surface area contributed by atoms with E-state index in [1.165, 1.54) is 5.56 Å². The summed E-state index contributed by atoms with van der Waals surface area (Å²) in [6, 6.07) is 5.87. The molecule has 1 amide bonds. The van der Waals surface area contributed by atoms with Gasteiger partial charge in [-0.1, -0.05) is 0 Å². The van der Waals surface area contributed by atoms with Gasteiger partial charge in [0.2, 0.25) is 0 Å². The summed E-state index contributed by atoms with van der Waals surface area (Å²) < 4.78 is 0. The fraction of sp³-hybridized carbons (Fsp3) is 0.333. The van der Waals surface area contributed by atoms with Crippen molar-refractivity contribution in [2.24, 2.45) is 5.92 Å². The van der Waals surface area contributed by atoms with E-state index in [2.05, 4.69) is 19.9 Å². The van der Waals surface area contributed by atoms with Crippen molar-refractivity contribution in [2.75, 3.05) is 13.1 Å². The second-order valence-electron chi connectivity index (χ2n) is 6.34. The maximum atomic E-state index is 12.9. The van der Waals surface area contributed by atoms with Gasteiger partial charge in [-0.05, 0) is 49.4 Å². The van der Waals surface area contributed by atoms with Crippen molar-refractivity contribution in [3.05, 3.63) is 53.7 Å². The number of fused-ring (bicyclic) bond motifs is 1. The van der Waals surface area contributed by atoms with Crippen molar-refractivity contribution < 1.29 is 4.79 Å². The fourth-order valence-electron chi connectivity index (χ4n) is 3.41. The summed E-state index contributed by atoms with van der Waals surface area (Å²) in [4.78, 5) is 30.6. The van der Waals surface area contributed by atoms with Gasteiger partial charge in [0.1, 0.15) is 5.82 Å². The molecule has 0 aromatic carbocycles. The van der Waals surface area contributed by atoms with Gasteiger partial charge in [0.05, 0.1) is 11.1 Å². The third-order valence-corrected chi connectivity index (χ3v) is 4.59. The number of pyridine rings is 2. The quantitative estimate of drug-likeness (QED) is 0.803. The summed E-state index contributed by atoms with van der Waals surface area (Å²) in [6.07, 6.45) is 7.31. The predicted octanol–water partition coefficient (Wildman–Crippen LogP) is 2.37. The van der Waals surface area contributed by atoms with Crippen LogP contribution < -0.4 is 0 Å². The van der Waals surface area contributed by atoms with Crippen molar-refractivity contribution >= 4 is 17.1 Å². The van der Waals surface area contributed by atoms with Gasteiger partial charge >= 0.3 is 0 Å². The van der Waals surface area contributed by atoms with Gasteiger partial charge in [0.15, 0.2) is 5.65 Å². The van der Waals surface area contributed by atoms with Crippen LogP contribution in [0.4, 0.5) is 0 Å². The van der Waals surface area contributed by atoms with E-state index in [-0.39, 0.29) is 5.91 Å². The molecule has 1 N–H and O–H groups in total. The van der Waals surface area contributed by atoms with E-state index in [1.54, 1.807) is 12.3 Å². The first-order valence-corrected chi connectivity index (χ1v) is 8.20. The second kappa shape index (κ2) is 6.03. The molecule has 1 unspecified atom stereocenters. The molecule has 1 saturated heterocycles. The number of nitrogens with one attached hydrogen (secondary N) is 1. The number of carbonyl (C=O) groups excluding carboxylic acids is 1. The third kappa shape index (κ3) is 2.75. The van der Waals surface area contributed by atoms with Crippen LogP contribution in [0.3, 0.4) is 0 Å². The first kappa shape index (κ1) is 14.8. The molecular weight excluding hydrogens is 302 g/mol. The lowest BCUT2D eigenvalue weighted by Crippen LogP contribution is -2.29. The molecule has 1 fully saturated rings. The van der Waals surface area contributed by atoms with Crippen LogP contribution in [-0.2, 0) is 6.42 Å². The highest BCUT2D eigenvalue weighted by Gasteiger charge is 2.28. The van der Waals surface area contributed by atoms with Crippen molar-refractivity contribution in [1.29, 1.82) is 0 Å². The van der Waals surface area contributed by atoms with Gasteiger partial charge in [0, 0.05) is 31.7 Å². The average molecular weight is 321 g/mol. The number of aromatic nitrogens is 4. The normalized spacial score (nSPS) is 17.5. The first-order valence-electron chi connectivity index (χ1n) is 8.20. The molecule has 6 nitrogen and oxygen atoms in total. The summed E-state index contributed by atoms with van der Waals surface area (Å²) in [6.45, 7) is 3.46. The van der Waals surface area contributed by atoms with Crippen molar-refractivity contribution in [3.8, 4) is 0 Å². The number of amides is 1. The Balaban J connectivity index is 1.51. The van der Waals surface area contributed by atoms with Gasteiger partial charge in [-0.25, -0.2) is 9.97 Å². The number of nitrogens with zero attached hydrogens (tertiary/aromatic N) is 4. The van der Waals surface area contributed by atoms with Gasteiger partial charge in [-0.3, -0.25) is 9.78 Å². The summed E-state index contributed by atoms with van der Waals surface area (Å²) in [7, 11) is 0. The summed E-state index contributed by atoms with van der Waals surface area (Å²) in [5.74, 6) is 1.33. The summed E-state index contributed by atoms with van der Waals surface area (Å²) >= 11 is 0.